The molecule has 1 aromatic heterocycles. The average molecular weight is 166 g/mol. The van der Waals surface area contributed by atoms with E-state index in [0.717, 1.165) is 26.1 Å². The third-order valence-corrected chi connectivity index (χ3v) is 2.41. The summed E-state index contributed by atoms with van der Waals surface area (Å²) in [6.07, 6.45) is 6.04. The van der Waals surface area contributed by atoms with E-state index in [9.17, 15) is 0 Å². The van der Waals surface area contributed by atoms with Gasteiger partial charge in [0.05, 0.1) is 19.0 Å². The minimum absolute atomic E-state index is 0.530. The quantitative estimate of drug-likeness (QED) is 0.664. The molecule has 0 aromatic carbocycles. The van der Waals surface area contributed by atoms with Crippen LogP contribution in [0.5, 0.6) is 0 Å². The van der Waals surface area contributed by atoms with Gasteiger partial charge in [-0.15, -0.1) is 0 Å². The van der Waals surface area contributed by atoms with Crippen LogP contribution in [-0.4, -0.2) is 22.8 Å². The molecule has 0 spiro atoms. The molecule has 0 aliphatic carbocycles. The summed E-state index contributed by atoms with van der Waals surface area (Å²) in [7, 11) is 0. The summed E-state index contributed by atoms with van der Waals surface area (Å²) in [5, 5.41) is 0. The van der Waals surface area contributed by atoms with Crippen molar-refractivity contribution in [1.82, 2.24) is 9.55 Å². The molecule has 1 aliphatic heterocycles. The first-order valence-electron chi connectivity index (χ1n) is 4.50. The zero-order valence-electron chi connectivity index (χ0n) is 7.36. The summed E-state index contributed by atoms with van der Waals surface area (Å²) in [5.41, 5.74) is 1.31. The topological polar surface area (TPSA) is 27.1 Å². The highest BCUT2D eigenvalue weighted by Crippen LogP contribution is 2.20. The fourth-order valence-electron chi connectivity index (χ4n) is 1.68. The fraction of sp³-hybridized carbons (Fsp3) is 0.667. The highest BCUT2D eigenvalue weighted by Gasteiger charge is 2.18. The van der Waals surface area contributed by atoms with Gasteiger partial charge in [-0.25, -0.2) is 4.98 Å². The lowest BCUT2D eigenvalue weighted by Crippen LogP contribution is -2.10. The molecule has 1 aliphatic rings. The maximum atomic E-state index is 5.33. The van der Waals surface area contributed by atoms with Crippen LogP contribution < -0.4 is 0 Å². The van der Waals surface area contributed by atoms with Crippen LogP contribution in [0.2, 0.25) is 0 Å². The third kappa shape index (κ3) is 1.25. The summed E-state index contributed by atoms with van der Waals surface area (Å²) in [5.74, 6) is 0. The minimum atomic E-state index is 0.530. The Hall–Kier alpha value is -0.830. The molecule has 1 saturated heterocycles. The van der Waals surface area contributed by atoms with Crippen molar-refractivity contribution in [2.75, 3.05) is 13.2 Å². The Morgan fingerprint density at radius 1 is 1.75 bits per heavy atom. The van der Waals surface area contributed by atoms with Crippen LogP contribution in [0.15, 0.2) is 12.5 Å². The first-order chi connectivity index (χ1) is 5.92. The normalized spacial score (nSPS) is 23.2. The molecule has 1 atom stereocenters. The summed E-state index contributed by atoms with van der Waals surface area (Å²) in [4.78, 5) is 4.14. The second-order valence-electron chi connectivity index (χ2n) is 3.16. The number of imidazole rings is 1. The van der Waals surface area contributed by atoms with Gasteiger partial charge in [0, 0.05) is 18.5 Å². The van der Waals surface area contributed by atoms with E-state index in [4.69, 9.17) is 4.74 Å². The fourth-order valence-corrected chi connectivity index (χ4v) is 1.68. The maximum Gasteiger partial charge on any atom is 0.0951 e. The van der Waals surface area contributed by atoms with Crippen LogP contribution in [-0.2, 0) is 11.2 Å². The molecule has 3 nitrogen and oxygen atoms in total. The van der Waals surface area contributed by atoms with E-state index in [1.807, 2.05) is 12.5 Å². The second kappa shape index (κ2) is 3.27. The van der Waals surface area contributed by atoms with Crippen LogP contribution in [0.3, 0.4) is 0 Å². The van der Waals surface area contributed by atoms with E-state index >= 15 is 0 Å². The van der Waals surface area contributed by atoms with Crippen molar-refractivity contribution in [3.63, 3.8) is 0 Å². The summed E-state index contributed by atoms with van der Waals surface area (Å²) < 4.78 is 7.57. The van der Waals surface area contributed by atoms with E-state index < -0.39 is 0 Å². The molecule has 2 heterocycles. The van der Waals surface area contributed by atoms with Gasteiger partial charge < -0.3 is 9.30 Å². The van der Waals surface area contributed by atoms with E-state index in [0.29, 0.717) is 6.04 Å². The number of rotatable bonds is 2. The van der Waals surface area contributed by atoms with Gasteiger partial charge >= 0.3 is 0 Å². The Bertz CT molecular complexity index is 251. The van der Waals surface area contributed by atoms with Gasteiger partial charge in [-0.3, -0.25) is 0 Å². The average Bonchev–Trinajstić information content (AvgIpc) is 2.74. The second-order valence-corrected chi connectivity index (χ2v) is 3.16. The molecule has 3 heteroatoms. The van der Waals surface area contributed by atoms with Crippen molar-refractivity contribution in [1.29, 1.82) is 0 Å². The molecule has 2 rings (SSSR count). The van der Waals surface area contributed by atoms with Gasteiger partial charge in [0.1, 0.15) is 0 Å². The first-order valence-corrected chi connectivity index (χ1v) is 4.50. The Morgan fingerprint density at radius 3 is 3.33 bits per heavy atom. The molecule has 1 fully saturated rings. The highest BCUT2D eigenvalue weighted by molar-refractivity contribution is 5.00. The summed E-state index contributed by atoms with van der Waals surface area (Å²) >= 11 is 0. The molecule has 0 bridgehead atoms. The molecule has 12 heavy (non-hydrogen) atoms. The molecule has 1 unspecified atom stereocenters. The summed E-state index contributed by atoms with van der Waals surface area (Å²) in [6.45, 7) is 3.90. The number of aryl methyl sites for hydroxylation is 1. The molecule has 0 saturated carbocycles. The smallest absolute Gasteiger partial charge is 0.0951 e. The zero-order chi connectivity index (χ0) is 8.39. The van der Waals surface area contributed by atoms with Crippen molar-refractivity contribution in [2.24, 2.45) is 0 Å². The van der Waals surface area contributed by atoms with Crippen molar-refractivity contribution in [3.8, 4) is 0 Å². The maximum absolute atomic E-state index is 5.33. The molecule has 0 radical (unpaired) electrons. The van der Waals surface area contributed by atoms with Crippen LogP contribution in [0.1, 0.15) is 25.1 Å². The lowest BCUT2D eigenvalue weighted by Gasteiger charge is -2.12. The largest absolute Gasteiger partial charge is 0.379 e. The Kier molecular flexibility index (Phi) is 2.13. The molecular formula is C9H14N2O. The van der Waals surface area contributed by atoms with Crippen LogP contribution in [0.4, 0.5) is 0 Å². The highest BCUT2D eigenvalue weighted by atomic mass is 16.5. The summed E-state index contributed by atoms with van der Waals surface area (Å²) in [6, 6.07) is 0.530. The monoisotopic (exact) mass is 166 g/mol. The predicted molar refractivity (Wildman–Crippen MR) is 46.1 cm³/mol. The molecule has 66 valence electrons. The molecule has 1 aromatic rings. The zero-order valence-corrected chi connectivity index (χ0v) is 7.36. The third-order valence-electron chi connectivity index (χ3n) is 2.41. The molecule has 0 N–H and O–H groups in total. The van der Waals surface area contributed by atoms with Gasteiger partial charge in [-0.1, -0.05) is 6.92 Å². The Morgan fingerprint density at radius 2 is 2.67 bits per heavy atom. The molecular weight excluding hydrogens is 152 g/mol. The number of hydrogen-bond donors (Lipinski definition) is 0. The van der Waals surface area contributed by atoms with Crippen molar-refractivity contribution < 1.29 is 4.74 Å². The number of nitrogens with zero attached hydrogens (tertiary/aromatic N) is 2. The van der Waals surface area contributed by atoms with Gasteiger partial charge in [-0.2, -0.15) is 0 Å². The van der Waals surface area contributed by atoms with E-state index in [2.05, 4.69) is 16.5 Å². The lowest BCUT2D eigenvalue weighted by molar-refractivity contribution is 0.186. The van der Waals surface area contributed by atoms with E-state index in [1.54, 1.807) is 0 Å². The first kappa shape index (κ1) is 7.80. The Balaban J connectivity index is 2.19. The van der Waals surface area contributed by atoms with Crippen LogP contribution in [0, 0.1) is 0 Å². The van der Waals surface area contributed by atoms with Gasteiger partial charge in [-0.05, 0) is 12.8 Å². The number of ether oxygens (including phenoxy) is 1. The van der Waals surface area contributed by atoms with Crippen LogP contribution >= 0.6 is 0 Å². The number of aromatic nitrogens is 2. The SMILES string of the molecule is CCc1cncn1C1CCOC1. The van der Waals surface area contributed by atoms with Crippen LogP contribution in [0.25, 0.3) is 0 Å². The Labute approximate surface area is 72.4 Å². The van der Waals surface area contributed by atoms with Gasteiger partial charge in [0.15, 0.2) is 0 Å². The standard InChI is InChI=1S/C9H14N2O/c1-2-8-5-10-7-11(8)9-3-4-12-6-9/h5,7,9H,2-4,6H2,1H3. The minimum Gasteiger partial charge on any atom is -0.379 e. The van der Waals surface area contributed by atoms with E-state index in [-0.39, 0.29) is 0 Å². The lowest BCUT2D eigenvalue weighted by atomic mass is 10.2. The van der Waals surface area contributed by atoms with Crippen molar-refractivity contribution in [2.45, 2.75) is 25.8 Å². The van der Waals surface area contributed by atoms with Gasteiger partial charge in [0.2, 0.25) is 0 Å². The van der Waals surface area contributed by atoms with Gasteiger partial charge in [0.25, 0.3) is 0 Å². The predicted octanol–water partition coefficient (Wildman–Crippen LogP) is 1.41. The van der Waals surface area contributed by atoms with Crippen molar-refractivity contribution >= 4 is 0 Å². The van der Waals surface area contributed by atoms with Crippen molar-refractivity contribution in [3.05, 3.63) is 18.2 Å². The molecule has 0 amide bonds. The number of hydrogen-bond acceptors (Lipinski definition) is 2. The van der Waals surface area contributed by atoms with E-state index in [1.165, 1.54) is 5.69 Å².